The molecule has 0 bridgehead atoms. The minimum absolute atomic E-state index is 0.211. The molecule has 1 aromatic rings. The van der Waals surface area contributed by atoms with Gasteiger partial charge in [0.1, 0.15) is 0 Å². The second-order valence-electron chi connectivity index (χ2n) is 2.22. The summed E-state index contributed by atoms with van der Waals surface area (Å²) in [4.78, 5) is 16.1. The fourth-order valence-corrected chi connectivity index (χ4v) is 1.27. The van der Waals surface area contributed by atoms with E-state index in [1.54, 1.807) is 6.07 Å². The lowest BCUT2D eigenvalue weighted by molar-refractivity contribution is -0.0773. The second-order valence-corrected chi connectivity index (χ2v) is 3.79. The van der Waals surface area contributed by atoms with Gasteiger partial charge >= 0.3 is 5.91 Å². The predicted octanol–water partition coefficient (Wildman–Crippen LogP) is 2.44. The van der Waals surface area contributed by atoms with Crippen LogP contribution in [-0.2, 0) is 4.84 Å². The zero-order valence-corrected chi connectivity index (χ0v) is 10.2. The van der Waals surface area contributed by atoms with Gasteiger partial charge in [0.2, 0.25) is 0 Å². The van der Waals surface area contributed by atoms with Crippen molar-refractivity contribution in [2.45, 2.75) is 0 Å². The van der Waals surface area contributed by atoms with Crippen LogP contribution < -0.4 is 0 Å². The number of hydrogen-bond donors (Lipinski definition) is 0. The van der Waals surface area contributed by atoms with Crippen LogP contribution in [-0.4, -0.2) is 25.1 Å². The molecule has 0 unspecified atom stereocenters. The molecule has 0 N–H and O–H groups in total. The minimum atomic E-state index is -0.339. The molecule has 13 heavy (non-hydrogen) atoms. The van der Waals surface area contributed by atoms with Gasteiger partial charge in [-0.2, -0.15) is 0 Å². The SMILES string of the molecule is CON(C)C(=O)c1cc(Br)c(Br)o1. The molecular weight excluding hydrogens is 306 g/mol. The Morgan fingerprint density at radius 2 is 2.23 bits per heavy atom. The van der Waals surface area contributed by atoms with E-state index in [-0.39, 0.29) is 11.7 Å². The third-order valence-electron chi connectivity index (χ3n) is 1.42. The molecule has 0 spiro atoms. The molecule has 0 radical (unpaired) electrons. The van der Waals surface area contributed by atoms with Crippen molar-refractivity contribution >= 4 is 37.8 Å². The van der Waals surface area contributed by atoms with Crippen LogP contribution in [0.3, 0.4) is 0 Å². The zero-order valence-electron chi connectivity index (χ0n) is 7.01. The van der Waals surface area contributed by atoms with Gasteiger partial charge in [-0.15, -0.1) is 0 Å². The van der Waals surface area contributed by atoms with Gasteiger partial charge in [-0.25, -0.2) is 5.06 Å². The van der Waals surface area contributed by atoms with Crippen molar-refractivity contribution in [2.75, 3.05) is 14.2 Å². The number of carbonyl (C=O) groups excluding carboxylic acids is 1. The van der Waals surface area contributed by atoms with Crippen LogP contribution in [0.15, 0.2) is 19.6 Å². The van der Waals surface area contributed by atoms with Crippen molar-refractivity contribution < 1.29 is 14.0 Å². The third kappa shape index (κ3) is 2.32. The van der Waals surface area contributed by atoms with Crippen molar-refractivity contribution in [2.24, 2.45) is 0 Å². The maximum absolute atomic E-state index is 11.4. The average Bonchev–Trinajstić information content (AvgIpc) is 2.44. The van der Waals surface area contributed by atoms with Crippen molar-refractivity contribution in [1.82, 2.24) is 5.06 Å². The summed E-state index contributed by atoms with van der Waals surface area (Å²) in [5.74, 6) is -0.128. The van der Waals surface area contributed by atoms with E-state index in [9.17, 15) is 4.79 Å². The van der Waals surface area contributed by atoms with Crippen LogP contribution in [0.25, 0.3) is 0 Å². The Morgan fingerprint density at radius 1 is 1.62 bits per heavy atom. The predicted molar refractivity (Wildman–Crippen MR) is 53.2 cm³/mol. The van der Waals surface area contributed by atoms with Gasteiger partial charge in [0, 0.05) is 13.1 Å². The summed E-state index contributed by atoms with van der Waals surface area (Å²) < 4.78 is 6.28. The van der Waals surface area contributed by atoms with Crippen LogP contribution in [0.5, 0.6) is 0 Å². The van der Waals surface area contributed by atoms with E-state index in [0.29, 0.717) is 9.14 Å². The molecule has 4 nitrogen and oxygen atoms in total. The lowest BCUT2D eigenvalue weighted by atomic mass is 10.4. The molecule has 0 saturated heterocycles. The fraction of sp³-hybridized carbons (Fsp3) is 0.286. The van der Waals surface area contributed by atoms with Crippen molar-refractivity contribution in [3.05, 3.63) is 21.0 Å². The standard InChI is InChI=1S/C7H7Br2NO3/c1-10(12-2)7(11)5-3-4(8)6(9)13-5/h3H,1-2H3. The van der Waals surface area contributed by atoms with E-state index in [4.69, 9.17) is 9.25 Å². The lowest BCUT2D eigenvalue weighted by Crippen LogP contribution is -2.24. The number of carbonyl (C=O) groups is 1. The number of rotatable bonds is 2. The first kappa shape index (κ1) is 10.7. The van der Waals surface area contributed by atoms with E-state index in [1.807, 2.05) is 0 Å². The second kappa shape index (κ2) is 4.26. The van der Waals surface area contributed by atoms with Crippen LogP contribution >= 0.6 is 31.9 Å². The quantitative estimate of drug-likeness (QED) is 0.788. The first-order valence-corrected chi connectivity index (χ1v) is 4.92. The topological polar surface area (TPSA) is 42.7 Å². The maximum atomic E-state index is 11.4. The van der Waals surface area contributed by atoms with Gasteiger partial charge in [-0.1, -0.05) is 0 Å². The van der Waals surface area contributed by atoms with E-state index in [0.717, 1.165) is 5.06 Å². The summed E-state index contributed by atoms with van der Waals surface area (Å²) in [5, 5.41) is 1.08. The van der Waals surface area contributed by atoms with E-state index in [2.05, 4.69) is 31.9 Å². The summed E-state index contributed by atoms with van der Waals surface area (Å²) in [6.45, 7) is 0. The molecule has 0 aromatic carbocycles. The molecule has 1 heterocycles. The molecule has 1 rings (SSSR count). The van der Waals surface area contributed by atoms with Crippen molar-refractivity contribution in [1.29, 1.82) is 0 Å². The van der Waals surface area contributed by atoms with Gasteiger partial charge in [-0.3, -0.25) is 9.63 Å². The van der Waals surface area contributed by atoms with Crippen molar-refractivity contribution in [3.8, 4) is 0 Å². The van der Waals surface area contributed by atoms with Gasteiger partial charge < -0.3 is 4.42 Å². The van der Waals surface area contributed by atoms with Crippen LogP contribution in [0, 0.1) is 0 Å². The molecule has 0 saturated carbocycles. The number of hydroxylamine groups is 2. The monoisotopic (exact) mass is 311 g/mol. The highest BCUT2D eigenvalue weighted by atomic mass is 79.9. The van der Waals surface area contributed by atoms with E-state index < -0.39 is 0 Å². The Kier molecular flexibility index (Phi) is 3.52. The van der Waals surface area contributed by atoms with Gasteiger partial charge in [0.05, 0.1) is 11.6 Å². The summed E-state index contributed by atoms with van der Waals surface area (Å²) in [5.41, 5.74) is 0. The Hall–Kier alpha value is -0.330. The number of hydrogen-bond acceptors (Lipinski definition) is 3. The Labute approximate surface area is 92.0 Å². The molecule has 0 atom stereocenters. The first-order valence-electron chi connectivity index (χ1n) is 3.33. The Bertz CT molecular complexity index is 304. The molecule has 0 aliphatic rings. The highest BCUT2D eigenvalue weighted by molar-refractivity contribution is 9.13. The molecular formula is C7H7Br2NO3. The molecule has 0 fully saturated rings. The largest absolute Gasteiger partial charge is 0.443 e. The summed E-state index contributed by atoms with van der Waals surface area (Å²) in [6, 6.07) is 1.57. The summed E-state index contributed by atoms with van der Waals surface area (Å²) in [6.07, 6.45) is 0. The van der Waals surface area contributed by atoms with Crippen LogP contribution in [0.2, 0.25) is 0 Å². The fourth-order valence-electron chi connectivity index (χ4n) is 0.690. The highest BCUT2D eigenvalue weighted by Gasteiger charge is 2.17. The van der Waals surface area contributed by atoms with Gasteiger partial charge in [-0.05, 0) is 31.9 Å². The number of furan rings is 1. The smallest absolute Gasteiger partial charge is 0.312 e. The van der Waals surface area contributed by atoms with Crippen molar-refractivity contribution in [3.63, 3.8) is 0 Å². The van der Waals surface area contributed by atoms with Crippen LogP contribution in [0.1, 0.15) is 10.6 Å². The summed E-state index contributed by atoms with van der Waals surface area (Å²) in [7, 11) is 2.91. The average molecular weight is 313 g/mol. The third-order valence-corrected chi connectivity index (χ3v) is 3.13. The lowest BCUT2D eigenvalue weighted by Gasteiger charge is -2.10. The summed E-state index contributed by atoms with van der Waals surface area (Å²) >= 11 is 6.33. The number of halogens is 2. The highest BCUT2D eigenvalue weighted by Crippen LogP contribution is 2.27. The molecule has 1 amide bonds. The first-order chi connectivity index (χ1) is 6.06. The Morgan fingerprint density at radius 3 is 2.62 bits per heavy atom. The van der Waals surface area contributed by atoms with E-state index in [1.165, 1.54) is 14.2 Å². The van der Waals surface area contributed by atoms with Gasteiger partial charge in [0.15, 0.2) is 10.4 Å². The van der Waals surface area contributed by atoms with Gasteiger partial charge in [0.25, 0.3) is 0 Å². The molecule has 0 aliphatic heterocycles. The molecule has 0 aliphatic carbocycles. The number of amides is 1. The molecule has 6 heteroatoms. The maximum Gasteiger partial charge on any atom is 0.312 e. The van der Waals surface area contributed by atoms with E-state index >= 15 is 0 Å². The molecule has 1 aromatic heterocycles. The Balaban J connectivity index is 2.89. The normalized spacial score (nSPS) is 10.2. The number of nitrogens with zero attached hydrogens (tertiary/aromatic N) is 1. The zero-order chi connectivity index (χ0) is 10.0. The minimum Gasteiger partial charge on any atom is -0.443 e. The molecule has 72 valence electrons. The van der Waals surface area contributed by atoms with Crippen LogP contribution in [0.4, 0.5) is 0 Å².